The van der Waals surface area contributed by atoms with Gasteiger partial charge in [-0.2, -0.15) is 0 Å². The van der Waals surface area contributed by atoms with Gasteiger partial charge in [0.1, 0.15) is 0 Å². The van der Waals surface area contributed by atoms with Gasteiger partial charge in [0.05, 0.1) is 11.7 Å². The SMILES string of the molecule is Cc1ccc(-c2ccncc2)cc1NC(=O)c1nnn(C2CCNCC2)c1C.Cl.Cl. The van der Waals surface area contributed by atoms with Gasteiger partial charge in [-0.3, -0.25) is 9.78 Å². The number of hydrogen-bond acceptors (Lipinski definition) is 5. The minimum absolute atomic E-state index is 0. The van der Waals surface area contributed by atoms with E-state index in [4.69, 9.17) is 0 Å². The standard InChI is InChI=1S/C21H24N6O.2ClH/c1-14-3-4-17(16-5-9-22-10-6-16)13-19(14)24-21(28)20-15(2)27(26-25-20)18-7-11-23-12-8-18;;/h3-6,9-10,13,18,23H,7-8,11-12H2,1-2H3,(H,24,28);2*1H. The Hall–Kier alpha value is -2.48. The second-order valence-corrected chi connectivity index (χ2v) is 7.17. The van der Waals surface area contributed by atoms with Crippen LogP contribution in [0.25, 0.3) is 11.1 Å². The Morgan fingerprint density at radius 3 is 2.47 bits per heavy atom. The van der Waals surface area contributed by atoms with Crippen molar-refractivity contribution in [3.8, 4) is 11.1 Å². The van der Waals surface area contributed by atoms with Gasteiger partial charge in [-0.15, -0.1) is 29.9 Å². The fourth-order valence-electron chi connectivity index (χ4n) is 3.61. The van der Waals surface area contributed by atoms with Crippen molar-refractivity contribution >= 4 is 36.4 Å². The zero-order chi connectivity index (χ0) is 19.5. The fourth-order valence-corrected chi connectivity index (χ4v) is 3.61. The minimum atomic E-state index is -0.229. The maximum atomic E-state index is 12.9. The van der Waals surface area contributed by atoms with Crippen molar-refractivity contribution < 1.29 is 4.79 Å². The molecule has 1 aliphatic rings. The summed E-state index contributed by atoms with van der Waals surface area (Å²) in [6, 6.07) is 10.2. The third-order valence-electron chi connectivity index (χ3n) is 5.30. The molecule has 1 amide bonds. The molecule has 2 aromatic heterocycles. The van der Waals surface area contributed by atoms with Gasteiger partial charge in [-0.1, -0.05) is 17.3 Å². The predicted octanol–water partition coefficient (Wildman–Crippen LogP) is 3.98. The van der Waals surface area contributed by atoms with Crippen molar-refractivity contribution in [3.63, 3.8) is 0 Å². The normalized spacial score (nSPS) is 13.8. The van der Waals surface area contributed by atoms with Crippen LogP contribution in [0.3, 0.4) is 0 Å². The van der Waals surface area contributed by atoms with E-state index in [-0.39, 0.29) is 30.7 Å². The van der Waals surface area contributed by atoms with Gasteiger partial charge in [0.15, 0.2) is 5.69 Å². The lowest BCUT2D eigenvalue weighted by Crippen LogP contribution is -2.30. The number of amides is 1. The minimum Gasteiger partial charge on any atom is -0.320 e. The van der Waals surface area contributed by atoms with E-state index in [2.05, 4.69) is 25.9 Å². The summed E-state index contributed by atoms with van der Waals surface area (Å²) in [4.78, 5) is 16.9. The maximum Gasteiger partial charge on any atom is 0.278 e. The number of anilines is 1. The molecule has 0 radical (unpaired) electrons. The lowest BCUT2D eigenvalue weighted by Gasteiger charge is -2.23. The summed E-state index contributed by atoms with van der Waals surface area (Å²) >= 11 is 0. The highest BCUT2D eigenvalue weighted by Crippen LogP contribution is 2.26. The van der Waals surface area contributed by atoms with E-state index < -0.39 is 0 Å². The monoisotopic (exact) mass is 448 g/mol. The van der Waals surface area contributed by atoms with Crippen molar-refractivity contribution in [2.45, 2.75) is 32.7 Å². The van der Waals surface area contributed by atoms with Gasteiger partial charge in [-0.25, -0.2) is 4.68 Å². The summed E-state index contributed by atoms with van der Waals surface area (Å²) in [7, 11) is 0. The number of pyridine rings is 1. The molecule has 3 aromatic rings. The Bertz CT molecular complexity index is 986. The number of hydrogen-bond donors (Lipinski definition) is 2. The number of carbonyl (C=O) groups is 1. The first kappa shape index (κ1) is 23.8. The number of aryl methyl sites for hydroxylation is 1. The van der Waals surface area contributed by atoms with Crippen LogP contribution in [0.1, 0.15) is 40.6 Å². The first-order chi connectivity index (χ1) is 13.6. The van der Waals surface area contributed by atoms with Crippen molar-refractivity contribution in [2.75, 3.05) is 18.4 Å². The summed E-state index contributed by atoms with van der Waals surface area (Å²) < 4.78 is 1.90. The van der Waals surface area contributed by atoms with Crippen molar-refractivity contribution in [1.82, 2.24) is 25.3 Å². The van der Waals surface area contributed by atoms with Gasteiger partial charge in [0.2, 0.25) is 0 Å². The molecule has 30 heavy (non-hydrogen) atoms. The molecule has 7 nitrogen and oxygen atoms in total. The first-order valence-electron chi connectivity index (χ1n) is 9.58. The average Bonchev–Trinajstić information content (AvgIpc) is 3.12. The van der Waals surface area contributed by atoms with Gasteiger partial charge in [0.25, 0.3) is 5.91 Å². The number of aromatic nitrogens is 4. The van der Waals surface area contributed by atoms with Gasteiger partial charge >= 0.3 is 0 Å². The Balaban J connectivity index is 0.00000160. The first-order valence-corrected chi connectivity index (χ1v) is 9.58. The van der Waals surface area contributed by atoms with Crippen LogP contribution in [0, 0.1) is 13.8 Å². The molecule has 0 aliphatic carbocycles. The van der Waals surface area contributed by atoms with E-state index in [0.29, 0.717) is 11.7 Å². The van der Waals surface area contributed by atoms with E-state index in [0.717, 1.165) is 54.0 Å². The van der Waals surface area contributed by atoms with Crippen LogP contribution in [-0.4, -0.2) is 39.0 Å². The molecular weight excluding hydrogens is 423 g/mol. The molecule has 3 heterocycles. The number of rotatable bonds is 4. The maximum absolute atomic E-state index is 12.9. The summed E-state index contributed by atoms with van der Waals surface area (Å²) in [5.41, 5.74) is 5.04. The van der Waals surface area contributed by atoms with Crippen LogP contribution in [0.5, 0.6) is 0 Å². The topological polar surface area (TPSA) is 84.7 Å². The summed E-state index contributed by atoms with van der Waals surface area (Å²) in [5, 5.41) is 14.8. The molecule has 1 fully saturated rings. The largest absolute Gasteiger partial charge is 0.320 e. The third kappa shape index (κ3) is 4.98. The molecule has 0 saturated carbocycles. The molecule has 2 N–H and O–H groups in total. The van der Waals surface area contributed by atoms with Crippen LogP contribution < -0.4 is 10.6 Å². The highest BCUT2D eigenvalue weighted by molar-refractivity contribution is 6.04. The Morgan fingerprint density at radius 2 is 1.77 bits per heavy atom. The lowest BCUT2D eigenvalue weighted by atomic mass is 10.0. The van der Waals surface area contributed by atoms with E-state index in [1.54, 1.807) is 12.4 Å². The molecule has 160 valence electrons. The van der Waals surface area contributed by atoms with Gasteiger partial charge in [0, 0.05) is 18.1 Å². The second-order valence-electron chi connectivity index (χ2n) is 7.17. The van der Waals surface area contributed by atoms with Crippen LogP contribution >= 0.6 is 24.8 Å². The summed E-state index contributed by atoms with van der Waals surface area (Å²) in [6.07, 6.45) is 5.52. The van der Waals surface area contributed by atoms with E-state index >= 15 is 0 Å². The molecule has 0 spiro atoms. The van der Waals surface area contributed by atoms with Crippen LogP contribution in [0.15, 0.2) is 42.7 Å². The summed E-state index contributed by atoms with van der Waals surface area (Å²) in [5.74, 6) is -0.229. The number of nitrogens with one attached hydrogen (secondary N) is 2. The second kappa shape index (κ2) is 10.5. The zero-order valence-corrected chi connectivity index (χ0v) is 18.6. The number of halogens is 2. The van der Waals surface area contributed by atoms with Crippen molar-refractivity contribution in [2.24, 2.45) is 0 Å². The number of nitrogens with zero attached hydrogens (tertiary/aromatic N) is 4. The fraction of sp³-hybridized carbons (Fsp3) is 0.333. The molecule has 9 heteroatoms. The van der Waals surface area contributed by atoms with E-state index in [1.165, 1.54) is 0 Å². The molecule has 4 rings (SSSR count). The Morgan fingerprint density at radius 1 is 1.07 bits per heavy atom. The predicted molar refractivity (Wildman–Crippen MR) is 123 cm³/mol. The van der Waals surface area contributed by atoms with Gasteiger partial charge < -0.3 is 10.6 Å². The van der Waals surface area contributed by atoms with Crippen LogP contribution in [-0.2, 0) is 0 Å². The molecule has 0 bridgehead atoms. The molecule has 0 atom stereocenters. The van der Waals surface area contributed by atoms with Gasteiger partial charge in [-0.05, 0) is 74.7 Å². The third-order valence-corrected chi connectivity index (χ3v) is 5.30. The molecular formula is C21H26Cl2N6O. The highest BCUT2D eigenvalue weighted by atomic mass is 35.5. The van der Waals surface area contributed by atoms with Crippen molar-refractivity contribution in [1.29, 1.82) is 0 Å². The molecule has 1 aromatic carbocycles. The molecule has 1 aliphatic heterocycles. The summed E-state index contributed by atoms with van der Waals surface area (Å²) in [6.45, 7) is 5.82. The molecule has 1 saturated heterocycles. The van der Waals surface area contributed by atoms with E-state index in [9.17, 15) is 4.79 Å². The average molecular weight is 449 g/mol. The molecule has 0 unspecified atom stereocenters. The van der Waals surface area contributed by atoms with Crippen LogP contribution in [0.4, 0.5) is 5.69 Å². The zero-order valence-electron chi connectivity index (χ0n) is 17.0. The highest BCUT2D eigenvalue weighted by Gasteiger charge is 2.23. The number of benzene rings is 1. The number of piperidine rings is 1. The van der Waals surface area contributed by atoms with Crippen LogP contribution in [0.2, 0.25) is 0 Å². The Kier molecular flexibility index (Phi) is 8.34. The smallest absolute Gasteiger partial charge is 0.278 e. The van der Waals surface area contributed by atoms with E-state index in [1.807, 2.05) is 48.9 Å². The quantitative estimate of drug-likeness (QED) is 0.630. The number of carbonyl (C=O) groups excluding carboxylic acids is 1. The Labute approximate surface area is 188 Å². The van der Waals surface area contributed by atoms with Crippen molar-refractivity contribution in [3.05, 3.63) is 59.7 Å². The lowest BCUT2D eigenvalue weighted by molar-refractivity contribution is 0.102.